The van der Waals surface area contributed by atoms with E-state index in [9.17, 15) is 13.2 Å². The third kappa shape index (κ3) is 3.44. The van der Waals surface area contributed by atoms with E-state index >= 15 is 0 Å². The molecule has 1 saturated heterocycles. The fourth-order valence-corrected chi connectivity index (χ4v) is 3.58. The molecule has 5 nitrogen and oxygen atoms in total. The van der Waals surface area contributed by atoms with Crippen LogP contribution in [0, 0.1) is 12.8 Å². The van der Waals surface area contributed by atoms with Crippen LogP contribution in [-0.4, -0.2) is 31.8 Å². The summed E-state index contributed by atoms with van der Waals surface area (Å²) in [6.07, 6.45) is 1.99. The molecular weight excluding hydrogens is 288 g/mol. The van der Waals surface area contributed by atoms with E-state index in [0.717, 1.165) is 19.4 Å². The van der Waals surface area contributed by atoms with Crippen LogP contribution in [0.1, 0.15) is 42.6 Å². The summed E-state index contributed by atoms with van der Waals surface area (Å²) in [6, 6.07) is 4.79. The van der Waals surface area contributed by atoms with Crippen LogP contribution in [0.4, 0.5) is 0 Å². The van der Waals surface area contributed by atoms with Gasteiger partial charge in [0.05, 0.1) is 4.90 Å². The van der Waals surface area contributed by atoms with Crippen LogP contribution in [0.5, 0.6) is 0 Å². The first-order valence-electron chi connectivity index (χ1n) is 7.15. The number of sulfonamides is 1. The number of hydrogen-bond acceptors (Lipinski definition) is 3. The van der Waals surface area contributed by atoms with Crippen molar-refractivity contribution in [3.8, 4) is 0 Å². The number of nitrogens with two attached hydrogens (primary N) is 1. The number of carbonyl (C=O) groups excluding carboxylic acids is 1. The van der Waals surface area contributed by atoms with Crippen molar-refractivity contribution >= 4 is 15.9 Å². The normalized spacial score (nSPS) is 19.3. The fraction of sp³-hybridized carbons (Fsp3) is 0.533. The minimum absolute atomic E-state index is 0.00820. The largest absolute Gasteiger partial charge is 0.335 e. The number of carbonyl (C=O) groups is 1. The number of likely N-dealkylation sites (tertiary alicyclic amines) is 1. The van der Waals surface area contributed by atoms with E-state index in [0.29, 0.717) is 17.0 Å². The molecule has 0 aliphatic carbocycles. The lowest BCUT2D eigenvalue weighted by Gasteiger charge is -2.28. The van der Waals surface area contributed by atoms with Gasteiger partial charge in [-0.3, -0.25) is 4.79 Å². The van der Waals surface area contributed by atoms with Crippen molar-refractivity contribution in [3.63, 3.8) is 0 Å². The maximum atomic E-state index is 12.7. The van der Waals surface area contributed by atoms with Crippen LogP contribution in [0.3, 0.4) is 0 Å². The van der Waals surface area contributed by atoms with Gasteiger partial charge in [-0.2, -0.15) is 0 Å². The van der Waals surface area contributed by atoms with E-state index in [4.69, 9.17) is 5.14 Å². The monoisotopic (exact) mass is 310 g/mol. The molecule has 1 heterocycles. The summed E-state index contributed by atoms with van der Waals surface area (Å²) in [6.45, 7) is 6.68. The Balaban J connectivity index is 2.38. The number of hydrogen-bond donors (Lipinski definition) is 1. The van der Waals surface area contributed by atoms with Gasteiger partial charge in [0, 0.05) is 18.2 Å². The molecule has 1 fully saturated rings. The molecule has 2 N–H and O–H groups in total. The Morgan fingerprint density at radius 1 is 1.33 bits per heavy atom. The van der Waals surface area contributed by atoms with Gasteiger partial charge in [-0.1, -0.05) is 13.8 Å². The molecule has 21 heavy (non-hydrogen) atoms. The predicted molar refractivity (Wildman–Crippen MR) is 81.4 cm³/mol. The third-order valence-corrected chi connectivity index (χ3v) is 4.85. The Morgan fingerprint density at radius 3 is 2.57 bits per heavy atom. The topological polar surface area (TPSA) is 80.5 Å². The maximum absolute atomic E-state index is 12.7. The molecule has 6 heteroatoms. The van der Waals surface area contributed by atoms with Crippen molar-refractivity contribution in [2.24, 2.45) is 11.1 Å². The molecular formula is C15H22N2O3S. The first-order valence-corrected chi connectivity index (χ1v) is 8.70. The summed E-state index contributed by atoms with van der Waals surface area (Å²) in [4.78, 5) is 14.5. The van der Waals surface area contributed by atoms with E-state index < -0.39 is 10.0 Å². The Morgan fingerprint density at radius 2 is 2.00 bits per heavy atom. The van der Waals surface area contributed by atoms with E-state index in [2.05, 4.69) is 13.8 Å². The number of amides is 1. The van der Waals surface area contributed by atoms with Gasteiger partial charge in [-0.15, -0.1) is 0 Å². The third-order valence-electron chi connectivity index (χ3n) is 3.96. The fourth-order valence-electron chi connectivity index (χ4n) is 2.94. The van der Waals surface area contributed by atoms with Crippen LogP contribution < -0.4 is 5.14 Å². The van der Waals surface area contributed by atoms with Gasteiger partial charge in [0.15, 0.2) is 0 Å². The lowest BCUT2D eigenvalue weighted by Crippen LogP contribution is -2.38. The van der Waals surface area contributed by atoms with Crippen molar-refractivity contribution in [1.29, 1.82) is 0 Å². The second-order valence-electron chi connectivity index (χ2n) is 6.03. The van der Waals surface area contributed by atoms with E-state index in [1.54, 1.807) is 13.0 Å². The minimum atomic E-state index is -3.81. The molecule has 0 spiro atoms. The maximum Gasteiger partial charge on any atom is 0.254 e. The van der Waals surface area contributed by atoms with Crippen molar-refractivity contribution < 1.29 is 13.2 Å². The molecule has 1 aliphatic heterocycles. The highest BCUT2D eigenvalue weighted by Gasteiger charge is 2.31. The average molecular weight is 310 g/mol. The predicted octanol–water partition coefficient (Wildman–Crippen LogP) is 1.90. The highest BCUT2D eigenvalue weighted by Crippen LogP contribution is 2.26. The van der Waals surface area contributed by atoms with Crippen LogP contribution in [-0.2, 0) is 10.0 Å². The van der Waals surface area contributed by atoms with E-state index in [1.165, 1.54) is 12.1 Å². The van der Waals surface area contributed by atoms with Gasteiger partial charge in [0.25, 0.3) is 5.91 Å². The molecule has 1 aliphatic rings. The molecule has 1 aromatic carbocycles. The van der Waals surface area contributed by atoms with Crippen molar-refractivity contribution in [1.82, 2.24) is 4.90 Å². The zero-order chi connectivity index (χ0) is 15.8. The van der Waals surface area contributed by atoms with Crippen LogP contribution in [0.25, 0.3) is 0 Å². The summed E-state index contributed by atoms with van der Waals surface area (Å²) in [5, 5.41) is 5.17. The summed E-state index contributed by atoms with van der Waals surface area (Å²) in [7, 11) is -3.81. The number of aryl methyl sites for hydroxylation is 1. The quantitative estimate of drug-likeness (QED) is 0.926. The minimum Gasteiger partial charge on any atom is -0.335 e. The second-order valence-corrected chi connectivity index (χ2v) is 7.59. The highest BCUT2D eigenvalue weighted by molar-refractivity contribution is 7.89. The zero-order valence-corrected chi connectivity index (χ0v) is 13.5. The molecule has 1 unspecified atom stereocenters. The molecule has 0 saturated carbocycles. The summed E-state index contributed by atoms with van der Waals surface area (Å²) < 4.78 is 23.0. The Hall–Kier alpha value is -1.40. The van der Waals surface area contributed by atoms with Crippen molar-refractivity contribution in [3.05, 3.63) is 29.3 Å². The van der Waals surface area contributed by atoms with Gasteiger partial charge >= 0.3 is 0 Å². The smallest absolute Gasteiger partial charge is 0.254 e. The van der Waals surface area contributed by atoms with Crippen LogP contribution >= 0.6 is 0 Å². The van der Waals surface area contributed by atoms with Gasteiger partial charge in [-0.25, -0.2) is 13.6 Å². The van der Waals surface area contributed by atoms with Gasteiger partial charge in [-0.05, 0) is 49.4 Å². The van der Waals surface area contributed by atoms with Gasteiger partial charge in [0.1, 0.15) is 0 Å². The molecule has 0 radical (unpaired) electrons. The molecule has 0 aromatic heterocycles. The van der Waals surface area contributed by atoms with Crippen molar-refractivity contribution in [2.75, 3.05) is 6.54 Å². The van der Waals surface area contributed by atoms with E-state index in [-0.39, 0.29) is 16.8 Å². The standard InChI is InChI=1S/C15H22N2O3S/c1-10(2)14-5-4-6-17(14)15(18)12-7-11(3)8-13(9-12)21(16,19)20/h7-10,14H,4-6H2,1-3H3,(H2,16,19,20). The van der Waals surface area contributed by atoms with E-state index in [1.807, 2.05) is 4.90 Å². The Labute approximate surface area is 126 Å². The lowest BCUT2D eigenvalue weighted by atomic mass is 10.0. The molecule has 2 rings (SSSR count). The second kappa shape index (κ2) is 5.77. The Bertz CT molecular complexity index is 653. The van der Waals surface area contributed by atoms with Gasteiger partial charge < -0.3 is 4.90 Å². The number of nitrogens with zero attached hydrogens (tertiary/aromatic N) is 1. The molecule has 1 amide bonds. The number of primary sulfonamides is 1. The SMILES string of the molecule is Cc1cc(C(=O)N2CCCC2C(C)C)cc(S(N)(=O)=O)c1. The highest BCUT2D eigenvalue weighted by atomic mass is 32.2. The van der Waals surface area contributed by atoms with Crippen LogP contribution in [0.15, 0.2) is 23.1 Å². The lowest BCUT2D eigenvalue weighted by molar-refractivity contribution is 0.0701. The molecule has 1 aromatic rings. The molecule has 116 valence electrons. The average Bonchev–Trinajstić information content (AvgIpc) is 2.85. The molecule has 1 atom stereocenters. The Kier molecular flexibility index (Phi) is 4.39. The number of benzene rings is 1. The summed E-state index contributed by atoms with van der Waals surface area (Å²) >= 11 is 0. The summed E-state index contributed by atoms with van der Waals surface area (Å²) in [5.74, 6) is 0.277. The van der Waals surface area contributed by atoms with Crippen LogP contribution in [0.2, 0.25) is 0 Å². The summed E-state index contributed by atoms with van der Waals surface area (Å²) in [5.41, 5.74) is 1.11. The van der Waals surface area contributed by atoms with Crippen molar-refractivity contribution in [2.45, 2.75) is 44.6 Å². The number of rotatable bonds is 3. The first kappa shape index (κ1) is 16.0. The van der Waals surface area contributed by atoms with Gasteiger partial charge in [0.2, 0.25) is 10.0 Å². The zero-order valence-electron chi connectivity index (χ0n) is 12.7. The molecule has 0 bridgehead atoms. The first-order chi connectivity index (χ1) is 9.70.